The van der Waals surface area contributed by atoms with Crippen LogP contribution in [-0.4, -0.2) is 21.7 Å². The molecular formula is C22H23N3O3. The smallest absolute Gasteiger partial charge is 0.362 e. The van der Waals surface area contributed by atoms with Gasteiger partial charge in [-0.15, -0.1) is 0 Å². The molecule has 6 heteroatoms. The average molecular weight is 377 g/mol. The molecule has 6 nitrogen and oxygen atoms in total. The Morgan fingerprint density at radius 2 is 1.82 bits per heavy atom. The van der Waals surface area contributed by atoms with E-state index in [0.29, 0.717) is 29.2 Å². The second-order valence-corrected chi connectivity index (χ2v) is 6.66. The summed E-state index contributed by atoms with van der Waals surface area (Å²) in [7, 11) is 0. The molecule has 1 aromatic heterocycles. The first-order valence-corrected chi connectivity index (χ1v) is 9.24. The van der Waals surface area contributed by atoms with Gasteiger partial charge < -0.3 is 10.1 Å². The molecule has 0 aliphatic heterocycles. The maximum atomic E-state index is 12.6. The molecule has 0 fully saturated rings. The minimum atomic E-state index is -0.479. The summed E-state index contributed by atoms with van der Waals surface area (Å²) in [6.45, 7) is 6.55. The highest BCUT2D eigenvalue weighted by molar-refractivity contribution is 6.04. The number of nitrogens with one attached hydrogen (secondary N) is 1. The fraction of sp³-hybridized carbons (Fsp3) is 0.227. The zero-order chi connectivity index (χ0) is 20.1. The van der Waals surface area contributed by atoms with Crippen LogP contribution in [0.4, 0.5) is 5.69 Å². The first-order valence-electron chi connectivity index (χ1n) is 9.24. The molecule has 0 aliphatic carbocycles. The van der Waals surface area contributed by atoms with Gasteiger partial charge in [0.15, 0.2) is 0 Å². The maximum Gasteiger partial charge on any atom is 0.362 e. The lowest BCUT2D eigenvalue weighted by molar-refractivity contribution is 0.0722. The molecule has 1 N–H and O–H groups in total. The Labute approximate surface area is 164 Å². The molecule has 144 valence electrons. The average Bonchev–Trinajstić information content (AvgIpc) is 3.14. The molecule has 28 heavy (non-hydrogen) atoms. The van der Waals surface area contributed by atoms with Gasteiger partial charge in [0, 0.05) is 23.9 Å². The van der Waals surface area contributed by atoms with Gasteiger partial charge in [-0.3, -0.25) is 9.48 Å². The molecular weight excluding hydrogens is 354 g/mol. The summed E-state index contributed by atoms with van der Waals surface area (Å²) in [6, 6.07) is 17.4. The van der Waals surface area contributed by atoms with E-state index in [2.05, 4.69) is 10.4 Å². The van der Waals surface area contributed by atoms with Crippen molar-refractivity contribution in [2.45, 2.75) is 33.2 Å². The van der Waals surface area contributed by atoms with Crippen molar-refractivity contribution in [3.8, 4) is 5.75 Å². The van der Waals surface area contributed by atoms with Crippen molar-refractivity contribution in [1.29, 1.82) is 0 Å². The van der Waals surface area contributed by atoms with Gasteiger partial charge in [0.2, 0.25) is 0 Å². The Balaban J connectivity index is 1.74. The molecule has 1 heterocycles. The Morgan fingerprint density at radius 3 is 2.50 bits per heavy atom. The monoisotopic (exact) mass is 377 g/mol. The van der Waals surface area contributed by atoms with Crippen molar-refractivity contribution in [1.82, 2.24) is 9.78 Å². The third-order valence-electron chi connectivity index (χ3n) is 4.24. The third kappa shape index (κ3) is 4.46. The van der Waals surface area contributed by atoms with E-state index in [1.54, 1.807) is 59.3 Å². The molecule has 0 spiro atoms. The number of hydrogen-bond donors (Lipinski definition) is 1. The summed E-state index contributed by atoms with van der Waals surface area (Å²) in [6.07, 6.45) is 0. The highest BCUT2D eigenvalue weighted by Gasteiger charge is 2.18. The van der Waals surface area contributed by atoms with Crippen LogP contribution in [0, 0.1) is 0 Å². The van der Waals surface area contributed by atoms with Gasteiger partial charge in [0.25, 0.3) is 5.91 Å². The van der Waals surface area contributed by atoms with Crippen molar-refractivity contribution in [3.05, 3.63) is 77.6 Å². The van der Waals surface area contributed by atoms with Crippen LogP contribution < -0.4 is 10.1 Å². The van der Waals surface area contributed by atoms with Gasteiger partial charge in [0.1, 0.15) is 11.4 Å². The van der Waals surface area contributed by atoms with Crippen molar-refractivity contribution in [3.63, 3.8) is 0 Å². The molecule has 3 aromatic rings. The van der Waals surface area contributed by atoms with E-state index < -0.39 is 5.97 Å². The van der Waals surface area contributed by atoms with Gasteiger partial charge >= 0.3 is 5.97 Å². The number of nitrogens with zero attached hydrogens (tertiary/aromatic N) is 2. The predicted molar refractivity (Wildman–Crippen MR) is 108 cm³/mol. The zero-order valence-electron chi connectivity index (χ0n) is 16.2. The van der Waals surface area contributed by atoms with Crippen LogP contribution >= 0.6 is 0 Å². The lowest BCUT2D eigenvalue weighted by Gasteiger charge is -2.09. The molecule has 0 radical (unpaired) electrons. The number of hydrogen-bond acceptors (Lipinski definition) is 4. The molecule has 3 rings (SSSR count). The highest BCUT2D eigenvalue weighted by Crippen LogP contribution is 2.21. The van der Waals surface area contributed by atoms with Crippen molar-refractivity contribution >= 4 is 17.6 Å². The summed E-state index contributed by atoms with van der Waals surface area (Å²) >= 11 is 0. The van der Waals surface area contributed by atoms with Crippen molar-refractivity contribution in [2.24, 2.45) is 0 Å². The Morgan fingerprint density at radius 1 is 1.07 bits per heavy atom. The molecule has 0 saturated heterocycles. The molecule has 0 bridgehead atoms. The number of aromatic nitrogens is 2. The summed E-state index contributed by atoms with van der Waals surface area (Å²) < 4.78 is 7.15. The third-order valence-corrected chi connectivity index (χ3v) is 4.24. The van der Waals surface area contributed by atoms with E-state index in [9.17, 15) is 9.59 Å². The van der Waals surface area contributed by atoms with Crippen LogP contribution in [0.1, 0.15) is 53.2 Å². The molecule has 1 amide bonds. The SMILES string of the molecule is CCn1nc(C(C)C)cc1C(=O)Oc1cccc(NC(=O)c2ccccc2)c1. The standard InChI is InChI=1S/C22H23N3O3/c1-4-25-20(14-19(24-25)15(2)3)22(27)28-18-12-8-11-17(13-18)23-21(26)16-9-6-5-7-10-16/h5-15H,4H2,1-3H3,(H,23,26). The molecule has 0 aliphatic rings. The van der Waals surface area contributed by atoms with Crippen LogP contribution in [0.25, 0.3) is 0 Å². The Hall–Kier alpha value is -3.41. The first kappa shape index (κ1) is 19.4. The lowest BCUT2D eigenvalue weighted by Crippen LogP contribution is -2.15. The van der Waals surface area contributed by atoms with Crippen molar-refractivity contribution < 1.29 is 14.3 Å². The second kappa shape index (κ2) is 8.52. The number of esters is 1. The van der Waals surface area contributed by atoms with E-state index in [0.717, 1.165) is 5.69 Å². The fourth-order valence-corrected chi connectivity index (χ4v) is 2.71. The van der Waals surface area contributed by atoms with E-state index in [1.165, 1.54) is 0 Å². The van der Waals surface area contributed by atoms with E-state index in [-0.39, 0.29) is 11.8 Å². The van der Waals surface area contributed by atoms with Crippen LogP contribution in [0.2, 0.25) is 0 Å². The Bertz CT molecular complexity index is 978. The first-order chi connectivity index (χ1) is 13.5. The number of aryl methyl sites for hydroxylation is 1. The van der Waals surface area contributed by atoms with Crippen LogP contribution in [0.3, 0.4) is 0 Å². The van der Waals surface area contributed by atoms with Gasteiger partial charge in [-0.25, -0.2) is 4.79 Å². The minimum Gasteiger partial charge on any atom is -0.422 e. The topological polar surface area (TPSA) is 73.2 Å². The number of anilines is 1. The highest BCUT2D eigenvalue weighted by atomic mass is 16.5. The molecule has 0 unspecified atom stereocenters. The number of benzene rings is 2. The normalized spacial score (nSPS) is 10.7. The number of carbonyl (C=O) groups is 2. The Kier molecular flexibility index (Phi) is 5.89. The lowest BCUT2D eigenvalue weighted by atomic mass is 10.1. The van der Waals surface area contributed by atoms with E-state index in [1.807, 2.05) is 26.8 Å². The summed E-state index contributed by atoms with van der Waals surface area (Å²) in [4.78, 5) is 24.9. The van der Waals surface area contributed by atoms with E-state index in [4.69, 9.17) is 4.74 Å². The fourth-order valence-electron chi connectivity index (χ4n) is 2.71. The van der Waals surface area contributed by atoms with Gasteiger partial charge in [0.05, 0.1) is 5.69 Å². The summed E-state index contributed by atoms with van der Waals surface area (Å²) in [5.74, 6) is -0.135. The minimum absolute atomic E-state index is 0.218. The second-order valence-electron chi connectivity index (χ2n) is 6.66. The largest absolute Gasteiger partial charge is 0.422 e. The number of amides is 1. The maximum absolute atomic E-state index is 12.6. The molecule has 2 aromatic carbocycles. The predicted octanol–water partition coefficient (Wildman–Crippen LogP) is 4.50. The number of carbonyl (C=O) groups excluding carboxylic acids is 2. The van der Waals surface area contributed by atoms with Gasteiger partial charge in [-0.1, -0.05) is 38.1 Å². The molecule has 0 saturated carbocycles. The summed E-state index contributed by atoms with van der Waals surface area (Å²) in [5.41, 5.74) is 2.35. The van der Waals surface area contributed by atoms with E-state index >= 15 is 0 Å². The quantitative estimate of drug-likeness (QED) is 0.507. The number of ether oxygens (including phenoxy) is 1. The number of rotatable bonds is 6. The van der Waals surface area contributed by atoms with Crippen LogP contribution in [-0.2, 0) is 6.54 Å². The zero-order valence-corrected chi connectivity index (χ0v) is 16.2. The molecule has 0 atom stereocenters. The van der Waals surface area contributed by atoms with Crippen LogP contribution in [0.5, 0.6) is 5.75 Å². The van der Waals surface area contributed by atoms with Crippen molar-refractivity contribution in [2.75, 3.05) is 5.32 Å². The summed E-state index contributed by atoms with van der Waals surface area (Å²) in [5, 5.41) is 7.25. The van der Waals surface area contributed by atoms with Gasteiger partial charge in [-0.2, -0.15) is 5.10 Å². The van der Waals surface area contributed by atoms with Crippen LogP contribution in [0.15, 0.2) is 60.7 Å². The van der Waals surface area contributed by atoms with Gasteiger partial charge in [-0.05, 0) is 43.2 Å².